The number of nitrogens with one attached hydrogen (secondary N) is 2. The fourth-order valence-electron chi connectivity index (χ4n) is 2.68. The van der Waals surface area contributed by atoms with Gasteiger partial charge in [0.1, 0.15) is 18.0 Å². The number of hydrogen-bond acceptors (Lipinski definition) is 5. The Hall–Kier alpha value is -2.35. The Kier molecular flexibility index (Phi) is 5.70. The number of carbonyl (C=O) groups excluding carboxylic acids is 1. The van der Waals surface area contributed by atoms with Crippen molar-refractivity contribution in [3.63, 3.8) is 0 Å². The molecular formula is C17H22N6OS. The zero-order chi connectivity index (χ0) is 17.6. The predicted octanol–water partition coefficient (Wildman–Crippen LogP) is 2.23. The van der Waals surface area contributed by atoms with E-state index in [0.717, 1.165) is 34.9 Å². The first kappa shape index (κ1) is 17.5. The fourth-order valence-corrected chi connectivity index (χ4v) is 3.15. The molecule has 3 aromatic rings. The van der Waals surface area contributed by atoms with E-state index >= 15 is 0 Å². The van der Waals surface area contributed by atoms with Crippen LogP contribution in [0.5, 0.6) is 0 Å². The Labute approximate surface area is 150 Å². The number of thioether (sulfide) groups is 1. The number of imidazole rings is 1. The van der Waals surface area contributed by atoms with Gasteiger partial charge in [-0.2, -0.15) is 11.8 Å². The van der Waals surface area contributed by atoms with Gasteiger partial charge >= 0.3 is 0 Å². The van der Waals surface area contributed by atoms with E-state index < -0.39 is 0 Å². The molecule has 2 N–H and O–H groups in total. The SMILES string of the molecule is CSCC[C@@H](NC(=O)CCc1nncn1C)c1nc2ccccc2[nH]1. The van der Waals surface area contributed by atoms with Gasteiger partial charge < -0.3 is 14.9 Å². The van der Waals surface area contributed by atoms with Crippen LogP contribution in [0.2, 0.25) is 0 Å². The van der Waals surface area contributed by atoms with Crippen molar-refractivity contribution in [3.05, 3.63) is 42.2 Å². The molecule has 0 bridgehead atoms. The number of nitrogens with zero attached hydrogens (tertiary/aromatic N) is 4. The van der Waals surface area contributed by atoms with Crippen molar-refractivity contribution in [1.82, 2.24) is 30.0 Å². The largest absolute Gasteiger partial charge is 0.346 e. The third-order valence-electron chi connectivity index (χ3n) is 4.06. The molecule has 0 saturated heterocycles. The first-order valence-corrected chi connectivity index (χ1v) is 9.62. The molecule has 1 aromatic carbocycles. The zero-order valence-electron chi connectivity index (χ0n) is 14.4. The Bertz CT molecular complexity index is 809. The van der Waals surface area contributed by atoms with Crippen LogP contribution in [0.1, 0.15) is 30.5 Å². The van der Waals surface area contributed by atoms with Crippen molar-refractivity contribution in [1.29, 1.82) is 0 Å². The summed E-state index contributed by atoms with van der Waals surface area (Å²) in [5, 5.41) is 11.0. The van der Waals surface area contributed by atoms with Gasteiger partial charge in [-0.3, -0.25) is 4.79 Å². The van der Waals surface area contributed by atoms with E-state index in [0.29, 0.717) is 12.8 Å². The smallest absolute Gasteiger partial charge is 0.221 e. The van der Waals surface area contributed by atoms with Crippen LogP contribution < -0.4 is 5.32 Å². The predicted molar refractivity (Wildman–Crippen MR) is 99.3 cm³/mol. The molecule has 0 saturated carbocycles. The molecule has 2 aromatic heterocycles. The Morgan fingerprint density at radius 1 is 1.40 bits per heavy atom. The average Bonchev–Trinajstić information content (AvgIpc) is 3.22. The molecule has 2 heterocycles. The van der Waals surface area contributed by atoms with Crippen molar-refractivity contribution in [3.8, 4) is 0 Å². The molecule has 25 heavy (non-hydrogen) atoms. The van der Waals surface area contributed by atoms with Crippen molar-refractivity contribution < 1.29 is 4.79 Å². The van der Waals surface area contributed by atoms with Gasteiger partial charge in [-0.1, -0.05) is 12.1 Å². The number of rotatable bonds is 8. The number of amides is 1. The summed E-state index contributed by atoms with van der Waals surface area (Å²) in [5.74, 6) is 2.56. The zero-order valence-corrected chi connectivity index (χ0v) is 15.2. The molecule has 0 fully saturated rings. The molecule has 1 atom stereocenters. The second-order valence-corrected chi connectivity index (χ2v) is 6.88. The Morgan fingerprint density at radius 2 is 2.24 bits per heavy atom. The lowest BCUT2D eigenvalue weighted by atomic mass is 10.2. The van der Waals surface area contributed by atoms with Gasteiger partial charge in [-0.15, -0.1) is 10.2 Å². The monoisotopic (exact) mass is 358 g/mol. The normalized spacial score (nSPS) is 12.4. The molecule has 3 rings (SSSR count). The summed E-state index contributed by atoms with van der Waals surface area (Å²) in [6.07, 6.45) is 5.48. The van der Waals surface area contributed by atoms with Gasteiger partial charge in [0, 0.05) is 19.9 Å². The van der Waals surface area contributed by atoms with E-state index in [4.69, 9.17) is 0 Å². The highest BCUT2D eigenvalue weighted by Crippen LogP contribution is 2.20. The van der Waals surface area contributed by atoms with E-state index in [9.17, 15) is 4.79 Å². The summed E-state index contributed by atoms with van der Waals surface area (Å²) in [6, 6.07) is 7.78. The second kappa shape index (κ2) is 8.15. The molecule has 0 aliphatic heterocycles. The van der Waals surface area contributed by atoms with Gasteiger partial charge in [0.15, 0.2) is 0 Å². The number of fused-ring (bicyclic) bond motifs is 1. The molecule has 0 aliphatic rings. The minimum absolute atomic E-state index is 0.00504. The minimum Gasteiger partial charge on any atom is -0.346 e. The number of aromatic amines is 1. The topological polar surface area (TPSA) is 88.5 Å². The van der Waals surface area contributed by atoms with Gasteiger partial charge in [0.25, 0.3) is 0 Å². The van der Waals surface area contributed by atoms with E-state index in [1.165, 1.54) is 0 Å². The highest BCUT2D eigenvalue weighted by molar-refractivity contribution is 7.98. The van der Waals surface area contributed by atoms with Crippen LogP contribution in [-0.4, -0.2) is 42.6 Å². The van der Waals surface area contributed by atoms with Crippen LogP contribution >= 0.6 is 11.8 Å². The van der Waals surface area contributed by atoms with Crippen molar-refractivity contribution in [2.75, 3.05) is 12.0 Å². The molecule has 132 valence electrons. The highest BCUT2D eigenvalue weighted by atomic mass is 32.2. The first-order chi connectivity index (χ1) is 12.2. The van der Waals surface area contributed by atoms with Gasteiger partial charge in [0.2, 0.25) is 5.91 Å². The van der Waals surface area contributed by atoms with Crippen molar-refractivity contribution in [2.45, 2.75) is 25.3 Å². The van der Waals surface area contributed by atoms with E-state index in [2.05, 4.69) is 31.7 Å². The number of aromatic nitrogens is 5. The lowest BCUT2D eigenvalue weighted by molar-refractivity contribution is -0.121. The van der Waals surface area contributed by atoms with Crippen LogP contribution in [0.3, 0.4) is 0 Å². The van der Waals surface area contributed by atoms with Crippen LogP contribution in [-0.2, 0) is 18.3 Å². The standard InChI is InChI=1S/C17H22N6OS/c1-23-11-18-22-15(23)7-8-16(24)19-14(9-10-25-2)17-20-12-5-3-4-6-13(12)21-17/h3-6,11,14H,7-10H2,1-2H3,(H,19,24)(H,20,21)/t14-/m1/s1. The third kappa shape index (κ3) is 4.39. The lowest BCUT2D eigenvalue weighted by Gasteiger charge is -2.16. The van der Waals surface area contributed by atoms with Crippen LogP contribution in [0.4, 0.5) is 0 Å². The summed E-state index contributed by atoms with van der Waals surface area (Å²) >= 11 is 1.76. The highest BCUT2D eigenvalue weighted by Gasteiger charge is 2.18. The quantitative estimate of drug-likeness (QED) is 0.645. The maximum absolute atomic E-state index is 12.4. The molecule has 1 amide bonds. The first-order valence-electron chi connectivity index (χ1n) is 8.23. The average molecular weight is 358 g/mol. The molecule has 0 aliphatic carbocycles. The van der Waals surface area contributed by atoms with Crippen LogP contribution in [0.15, 0.2) is 30.6 Å². The lowest BCUT2D eigenvalue weighted by Crippen LogP contribution is -2.30. The maximum atomic E-state index is 12.4. The summed E-state index contributed by atoms with van der Waals surface area (Å²) in [7, 11) is 1.88. The number of benzene rings is 1. The van der Waals surface area contributed by atoms with E-state index in [1.807, 2.05) is 35.9 Å². The molecule has 0 unspecified atom stereocenters. The van der Waals surface area contributed by atoms with Gasteiger partial charge in [-0.25, -0.2) is 4.98 Å². The van der Waals surface area contributed by atoms with Crippen molar-refractivity contribution in [2.24, 2.45) is 7.05 Å². The molecule has 7 nitrogen and oxygen atoms in total. The third-order valence-corrected chi connectivity index (χ3v) is 4.71. The number of para-hydroxylation sites is 2. The molecule has 0 radical (unpaired) electrons. The number of carbonyl (C=O) groups is 1. The second-order valence-electron chi connectivity index (χ2n) is 5.90. The molecule has 0 spiro atoms. The number of hydrogen-bond donors (Lipinski definition) is 2. The molecular weight excluding hydrogens is 336 g/mol. The molecule has 8 heteroatoms. The summed E-state index contributed by atoms with van der Waals surface area (Å²) in [5.41, 5.74) is 1.90. The van der Waals surface area contributed by atoms with E-state index in [1.54, 1.807) is 18.1 Å². The van der Waals surface area contributed by atoms with E-state index in [-0.39, 0.29) is 11.9 Å². The fraction of sp³-hybridized carbons (Fsp3) is 0.412. The number of H-pyrrole nitrogens is 1. The Morgan fingerprint density at radius 3 is 2.96 bits per heavy atom. The number of aryl methyl sites for hydroxylation is 2. The Balaban J connectivity index is 1.67. The van der Waals surface area contributed by atoms with Gasteiger partial charge in [-0.05, 0) is 30.6 Å². The summed E-state index contributed by atoms with van der Waals surface area (Å²) < 4.78 is 1.83. The van der Waals surface area contributed by atoms with Crippen molar-refractivity contribution >= 4 is 28.7 Å². The summed E-state index contributed by atoms with van der Waals surface area (Å²) in [4.78, 5) is 20.4. The van der Waals surface area contributed by atoms with Crippen LogP contribution in [0, 0.1) is 0 Å². The summed E-state index contributed by atoms with van der Waals surface area (Å²) in [6.45, 7) is 0. The van der Waals surface area contributed by atoms with Gasteiger partial charge in [0.05, 0.1) is 17.1 Å². The van der Waals surface area contributed by atoms with Crippen LogP contribution in [0.25, 0.3) is 11.0 Å². The minimum atomic E-state index is -0.119. The maximum Gasteiger partial charge on any atom is 0.221 e.